The number of anilines is 1. The van der Waals surface area contributed by atoms with E-state index in [1.54, 1.807) is 37.3 Å². The summed E-state index contributed by atoms with van der Waals surface area (Å²) in [6.07, 6.45) is 1.36. The van der Waals surface area contributed by atoms with Crippen LogP contribution in [0.15, 0.2) is 47.6 Å². The van der Waals surface area contributed by atoms with Gasteiger partial charge in [-0.25, -0.2) is 5.43 Å². The van der Waals surface area contributed by atoms with Gasteiger partial charge in [-0.1, -0.05) is 17.7 Å². The Morgan fingerprint density at radius 1 is 1.13 bits per heavy atom. The molecule has 0 spiro atoms. The minimum Gasteiger partial charge on any atom is -0.508 e. The molecule has 0 aromatic heterocycles. The number of benzene rings is 2. The van der Waals surface area contributed by atoms with Gasteiger partial charge in [-0.3, -0.25) is 9.59 Å². The van der Waals surface area contributed by atoms with E-state index in [1.807, 2.05) is 0 Å². The van der Waals surface area contributed by atoms with Crippen LogP contribution < -0.4 is 10.7 Å². The molecule has 7 heteroatoms. The van der Waals surface area contributed by atoms with Gasteiger partial charge in [0.1, 0.15) is 5.75 Å². The number of aryl methyl sites for hydroxylation is 1. The van der Waals surface area contributed by atoms with Gasteiger partial charge >= 0.3 is 11.8 Å². The molecule has 118 valence electrons. The maximum Gasteiger partial charge on any atom is 0.329 e. The molecule has 0 aliphatic carbocycles. The van der Waals surface area contributed by atoms with Crippen molar-refractivity contribution in [3.63, 3.8) is 0 Å². The van der Waals surface area contributed by atoms with E-state index < -0.39 is 11.8 Å². The zero-order valence-corrected chi connectivity index (χ0v) is 13.0. The van der Waals surface area contributed by atoms with Crippen LogP contribution in [0, 0.1) is 6.92 Å². The van der Waals surface area contributed by atoms with Crippen molar-refractivity contribution in [2.45, 2.75) is 6.92 Å². The first-order chi connectivity index (χ1) is 11.0. The molecule has 0 saturated heterocycles. The Kier molecular flexibility index (Phi) is 5.32. The summed E-state index contributed by atoms with van der Waals surface area (Å²) < 4.78 is 0. The van der Waals surface area contributed by atoms with Gasteiger partial charge in [-0.15, -0.1) is 0 Å². The van der Waals surface area contributed by atoms with Crippen molar-refractivity contribution in [2.24, 2.45) is 5.10 Å². The summed E-state index contributed by atoms with van der Waals surface area (Å²) in [5.74, 6) is -1.62. The van der Waals surface area contributed by atoms with Gasteiger partial charge in [0.15, 0.2) is 0 Å². The monoisotopic (exact) mass is 331 g/mol. The molecule has 23 heavy (non-hydrogen) atoms. The first-order valence-electron chi connectivity index (χ1n) is 6.65. The summed E-state index contributed by atoms with van der Waals surface area (Å²) in [7, 11) is 0. The number of halogens is 1. The number of aromatic hydroxyl groups is 1. The van der Waals surface area contributed by atoms with Crippen LogP contribution in [0.2, 0.25) is 5.02 Å². The third-order valence-corrected chi connectivity index (χ3v) is 3.16. The molecule has 2 rings (SSSR count). The molecule has 0 radical (unpaired) electrons. The summed E-state index contributed by atoms with van der Waals surface area (Å²) in [5, 5.41) is 15.7. The van der Waals surface area contributed by atoms with Crippen molar-refractivity contribution in [1.82, 2.24) is 5.43 Å². The molecule has 2 aromatic rings. The molecule has 0 heterocycles. The predicted octanol–water partition coefficient (Wildman–Crippen LogP) is 2.44. The van der Waals surface area contributed by atoms with Crippen LogP contribution in [0.3, 0.4) is 0 Å². The predicted molar refractivity (Wildman–Crippen MR) is 88.7 cm³/mol. The number of hydrazone groups is 1. The number of carbonyl (C=O) groups excluding carboxylic acids is 2. The number of hydrogen-bond acceptors (Lipinski definition) is 4. The van der Waals surface area contributed by atoms with E-state index in [9.17, 15) is 9.59 Å². The van der Waals surface area contributed by atoms with Gasteiger partial charge in [0.2, 0.25) is 0 Å². The van der Waals surface area contributed by atoms with E-state index in [1.165, 1.54) is 18.3 Å². The highest BCUT2D eigenvalue weighted by Crippen LogP contribution is 2.19. The molecule has 0 unspecified atom stereocenters. The molecule has 0 bridgehead atoms. The van der Waals surface area contributed by atoms with E-state index >= 15 is 0 Å². The highest BCUT2D eigenvalue weighted by atomic mass is 35.5. The molecule has 0 atom stereocenters. The average molecular weight is 332 g/mol. The average Bonchev–Trinajstić information content (AvgIpc) is 2.52. The van der Waals surface area contributed by atoms with Crippen molar-refractivity contribution < 1.29 is 14.7 Å². The molecular weight excluding hydrogens is 318 g/mol. The summed E-state index contributed by atoms with van der Waals surface area (Å²) in [5.41, 5.74) is 4.02. The zero-order chi connectivity index (χ0) is 16.8. The van der Waals surface area contributed by atoms with Crippen LogP contribution in [-0.2, 0) is 9.59 Å². The third kappa shape index (κ3) is 4.82. The number of phenols is 1. The SMILES string of the molecule is Cc1ccc(Cl)cc1NC(=O)C(=O)N/N=C\c1ccc(O)cc1. The molecule has 3 N–H and O–H groups in total. The van der Waals surface area contributed by atoms with Crippen molar-refractivity contribution in [3.05, 3.63) is 58.6 Å². The number of phenolic OH excluding ortho intramolecular Hbond substituents is 1. The second-order valence-corrected chi connectivity index (χ2v) is 5.14. The quantitative estimate of drug-likeness (QED) is 0.458. The number of rotatable bonds is 3. The Hall–Kier alpha value is -2.86. The normalized spacial score (nSPS) is 10.5. The Morgan fingerprint density at radius 3 is 2.52 bits per heavy atom. The number of nitrogens with one attached hydrogen (secondary N) is 2. The van der Waals surface area contributed by atoms with E-state index in [2.05, 4.69) is 15.8 Å². The fraction of sp³-hybridized carbons (Fsp3) is 0.0625. The highest BCUT2D eigenvalue weighted by molar-refractivity contribution is 6.40. The molecule has 0 fully saturated rings. The lowest BCUT2D eigenvalue weighted by Gasteiger charge is -2.07. The smallest absolute Gasteiger partial charge is 0.329 e. The molecule has 2 aromatic carbocycles. The Morgan fingerprint density at radius 2 is 1.83 bits per heavy atom. The lowest BCUT2D eigenvalue weighted by molar-refractivity contribution is -0.136. The summed E-state index contributed by atoms with van der Waals surface area (Å²) in [6.45, 7) is 1.78. The lowest BCUT2D eigenvalue weighted by atomic mass is 10.2. The standard InChI is InChI=1S/C16H14ClN3O3/c1-10-2-5-12(17)8-14(10)19-15(22)16(23)20-18-9-11-3-6-13(21)7-4-11/h2-9,21H,1H3,(H,19,22)(H,20,23)/b18-9-. The third-order valence-electron chi connectivity index (χ3n) is 2.93. The largest absolute Gasteiger partial charge is 0.508 e. The van der Waals surface area contributed by atoms with Gasteiger partial charge in [-0.05, 0) is 54.4 Å². The Bertz CT molecular complexity index is 758. The Labute approximate surface area is 137 Å². The molecule has 0 aliphatic rings. The maximum absolute atomic E-state index is 11.8. The van der Waals surface area contributed by atoms with Gasteiger partial charge in [0.05, 0.1) is 6.21 Å². The van der Waals surface area contributed by atoms with Crippen molar-refractivity contribution in [1.29, 1.82) is 0 Å². The van der Waals surface area contributed by atoms with Crippen LogP contribution in [-0.4, -0.2) is 23.1 Å². The fourth-order valence-corrected chi connectivity index (χ4v) is 1.86. The number of nitrogens with zero attached hydrogens (tertiary/aromatic N) is 1. The van der Waals surface area contributed by atoms with Gasteiger partial charge in [0, 0.05) is 10.7 Å². The van der Waals surface area contributed by atoms with Crippen LogP contribution in [0.1, 0.15) is 11.1 Å². The van der Waals surface area contributed by atoms with Gasteiger partial charge in [0.25, 0.3) is 0 Å². The van der Waals surface area contributed by atoms with Crippen molar-refractivity contribution in [2.75, 3.05) is 5.32 Å². The van der Waals surface area contributed by atoms with Crippen LogP contribution >= 0.6 is 11.6 Å². The fourth-order valence-electron chi connectivity index (χ4n) is 1.68. The van der Waals surface area contributed by atoms with Gasteiger partial charge in [-0.2, -0.15) is 5.10 Å². The first-order valence-corrected chi connectivity index (χ1v) is 7.03. The van der Waals surface area contributed by atoms with E-state index in [0.717, 1.165) is 5.56 Å². The summed E-state index contributed by atoms with van der Waals surface area (Å²) in [6, 6.07) is 11.2. The van der Waals surface area contributed by atoms with Crippen LogP contribution in [0.4, 0.5) is 5.69 Å². The lowest BCUT2D eigenvalue weighted by Crippen LogP contribution is -2.32. The Balaban J connectivity index is 1.93. The van der Waals surface area contributed by atoms with E-state index in [0.29, 0.717) is 16.3 Å². The molecule has 6 nitrogen and oxygen atoms in total. The summed E-state index contributed by atoms with van der Waals surface area (Å²) in [4.78, 5) is 23.5. The number of hydrogen-bond donors (Lipinski definition) is 3. The molecule has 2 amide bonds. The van der Waals surface area contributed by atoms with Crippen molar-refractivity contribution >= 4 is 35.3 Å². The second kappa shape index (κ2) is 7.42. The van der Waals surface area contributed by atoms with Crippen molar-refractivity contribution in [3.8, 4) is 5.75 Å². The van der Waals surface area contributed by atoms with E-state index in [-0.39, 0.29) is 5.75 Å². The topological polar surface area (TPSA) is 90.8 Å². The van der Waals surface area contributed by atoms with Crippen LogP contribution in [0.25, 0.3) is 0 Å². The minimum atomic E-state index is -0.903. The molecular formula is C16H14ClN3O3. The molecule has 0 saturated carbocycles. The van der Waals surface area contributed by atoms with Gasteiger partial charge < -0.3 is 10.4 Å². The van der Waals surface area contributed by atoms with E-state index in [4.69, 9.17) is 16.7 Å². The highest BCUT2D eigenvalue weighted by Gasteiger charge is 2.14. The number of amides is 2. The first kappa shape index (κ1) is 16.5. The minimum absolute atomic E-state index is 0.127. The zero-order valence-electron chi connectivity index (χ0n) is 12.2. The molecule has 0 aliphatic heterocycles. The number of carbonyl (C=O) groups is 2. The van der Waals surface area contributed by atoms with Crippen LogP contribution in [0.5, 0.6) is 5.75 Å². The maximum atomic E-state index is 11.8. The second-order valence-electron chi connectivity index (χ2n) is 4.70. The summed E-state index contributed by atoms with van der Waals surface area (Å²) >= 11 is 5.85.